The second-order valence-electron chi connectivity index (χ2n) is 4.72. The average molecular weight is 255 g/mol. The first kappa shape index (κ1) is 12.7. The summed E-state index contributed by atoms with van der Waals surface area (Å²) < 4.78 is 39.5. The van der Waals surface area contributed by atoms with Gasteiger partial charge in [-0.25, -0.2) is 13.2 Å². The number of phenols is 1. The molecular formula is C13H12F3NO. The quantitative estimate of drug-likeness (QED) is 0.834. The molecule has 0 spiro atoms. The van der Waals surface area contributed by atoms with Gasteiger partial charge >= 0.3 is 0 Å². The molecule has 0 radical (unpaired) electrons. The first-order chi connectivity index (χ1) is 8.38. The summed E-state index contributed by atoms with van der Waals surface area (Å²) in [6.07, 6.45) is -0.743. The molecule has 0 saturated heterocycles. The second kappa shape index (κ2) is 4.20. The molecule has 0 amide bonds. The Hall–Kier alpha value is -1.70. The standard InChI is InChI=1S/C13H12F3NO/c14-10-7-9(1-2-11(10)18)12(8-17)3-5-13(15,16)6-4-12/h1-2,7,18H,3-6H2. The van der Waals surface area contributed by atoms with Gasteiger partial charge < -0.3 is 5.11 Å². The minimum absolute atomic E-state index is 0.000710. The number of rotatable bonds is 1. The lowest BCUT2D eigenvalue weighted by molar-refractivity contribution is -0.0453. The maximum absolute atomic E-state index is 13.3. The molecule has 1 aliphatic rings. The van der Waals surface area contributed by atoms with Gasteiger partial charge in [0.2, 0.25) is 5.92 Å². The zero-order chi connectivity index (χ0) is 13.4. The molecule has 0 aliphatic heterocycles. The SMILES string of the molecule is N#CC1(c2ccc(O)c(F)c2)CCC(F)(F)CC1. The molecule has 0 heterocycles. The highest BCUT2D eigenvalue weighted by Gasteiger charge is 2.44. The number of nitrogens with zero attached hydrogens (tertiary/aromatic N) is 1. The number of hydrogen-bond acceptors (Lipinski definition) is 2. The van der Waals surface area contributed by atoms with E-state index in [0.717, 1.165) is 12.1 Å². The fourth-order valence-electron chi connectivity index (χ4n) is 2.31. The summed E-state index contributed by atoms with van der Waals surface area (Å²) >= 11 is 0. The van der Waals surface area contributed by atoms with Crippen LogP contribution in [0.25, 0.3) is 0 Å². The van der Waals surface area contributed by atoms with Crippen LogP contribution in [0.4, 0.5) is 13.2 Å². The molecule has 96 valence electrons. The number of benzene rings is 1. The van der Waals surface area contributed by atoms with E-state index in [1.807, 2.05) is 6.07 Å². The molecule has 1 fully saturated rings. The highest BCUT2D eigenvalue weighted by molar-refractivity contribution is 5.38. The van der Waals surface area contributed by atoms with Crippen molar-refractivity contribution in [1.29, 1.82) is 5.26 Å². The highest BCUT2D eigenvalue weighted by atomic mass is 19.3. The van der Waals surface area contributed by atoms with Crippen LogP contribution in [0, 0.1) is 17.1 Å². The molecule has 18 heavy (non-hydrogen) atoms. The number of aromatic hydroxyl groups is 1. The van der Waals surface area contributed by atoms with Crippen molar-refractivity contribution >= 4 is 0 Å². The van der Waals surface area contributed by atoms with Crippen LogP contribution < -0.4 is 0 Å². The van der Waals surface area contributed by atoms with Crippen LogP contribution in [0.2, 0.25) is 0 Å². The Bertz CT molecular complexity index is 497. The van der Waals surface area contributed by atoms with Crippen LogP contribution in [0.1, 0.15) is 31.2 Å². The van der Waals surface area contributed by atoms with Crippen LogP contribution in [0.3, 0.4) is 0 Å². The summed E-state index contributed by atoms with van der Waals surface area (Å²) in [6.45, 7) is 0. The molecule has 2 nitrogen and oxygen atoms in total. The van der Waals surface area contributed by atoms with E-state index in [1.54, 1.807) is 0 Å². The van der Waals surface area contributed by atoms with Gasteiger partial charge in [0, 0.05) is 12.8 Å². The zero-order valence-electron chi connectivity index (χ0n) is 9.59. The summed E-state index contributed by atoms with van der Waals surface area (Å²) in [4.78, 5) is 0. The average Bonchev–Trinajstić information content (AvgIpc) is 2.34. The molecule has 1 aliphatic carbocycles. The Balaban J connectivity index is 2.34. The van der Waals surface area contributed by atoms with Gasteiger partial charge in [0.25, 0.3) is 0 Å². The van der Waals surface area contributed by atoms with E-state index in [-0.39, 0.29) is 25.7 Å². The molecule has 0 aromatic heterocycles. The van der Waals surface area contributed by atoms with E-state index in [1.165, 1.54) is 6.07 Å². The van der Waals surface area contributed by atoms with Gasteiger partial charge in [-0.2, -0.15) is 5.26 Å². The summed E-state index contributed by atoms with van der Waals surface area (Å²) in [5.41, 5.74) is -0.716. The molecule has 0 atom stereocenters. The van der Waals surface area contributed by atoms with Crippen molar-refractivity contribution in [3.05, 3.63) is 29.6 Å². The maximum Gasteiger partial charge on any atom is 0.248 e. The topological polar surface area (TPSA) is 44.0 Å². The lowest BCUT2D eigenvalue weighted by Gasteiger charge is -2.35. The van der Waals surface area contributed by atoms with Crippen molar-refractivity contribution < 1.29 is 18.3 Å². The number of halogens is 3. The molecule has 1 aromatic carbocycles. The van der Waals surface area contributed by atoms with E-state index in [0.29, 0.717) is 5.56 Å². The van der Waals surface area contributed by atoms with E-state index >= 15 is 0 Å². The number of hydrogen-bond donors (Lipinski definition) is 1. The molecule has 0 bridgehead atoms. The van der Waals surface area contributed by atoms with Crippen molar-refractivity contribution in [3.8, 4) is 11.8 Å². The maximum atomic E-state index is 13.3. The predicted molar refractivity (Wildman–Crippen MR) is 58.8 cm³/mol. The van der Waals surface area contributed by atoms with E-state index in [4.69, 9.17) is 5.11 Å². The predicted octanol–water partition coefficient (Wildman–Crippen LogP) is 3.50. The van der Waals surface area contributed by atoms with Gasteiger partial charge in [-0.3, -0.25) is 0 Å². The largest absolute Gasteiger partial charge is 0.505 e. The van der Waals surface area contributed by atoms with Crippen molar-refractivity contribution in [2.45, 2.75) is 37.0 Å². The number of nitriles is 1. The summed E-state index contributed by atoms with van der Waals surface area (Å²) in [6, 6.07) is 5.67. The van der Waals surface area contributed by atoms with Gasteiger partial charge in [-0.1, -0.05) is 6.07 Å². The lowest BCUT2D eigenvalue weighted by Crippen LogP contribution is -2.35. The third-order valence-corrected chi connectivity index (χ3v) is 3.55. The monoisotopic (exact) mass is 255 g/mol. The van der Waals surface area contributed by atoms with Crippen molar-refractivity contribution in [1.82, 2.24) is 0 Å². The van der Waals surface area contributed by atoms with Crippen molar-refractivity contribution in [2.75, 3.05) is 0 Å². The van der Waals surface area contributed by atoms with E-state index in [2.05, 4.69) is 0 Å². The number of alkyl halides is 2. The van der Waals surface area contributed by atoms with Crippen LogP contribution in [-0.2, 0) is 5.41 Å². The van der Waals surface area contributed by atoms with E-state index < -0.39 is 22.9 Å². The van der Waals surface area contributed by atoms with Gasteiger partial charge in [0.15, 0.2) is 11.6 Å². The third-order valence-electron chi connectivity index (χ3n) is 3.55. The molecule has 1 saturated carbocycles. The van der Waals surface area contributed by atoms with Crippen molar-refractivity contribution in [3.63, 3.8) is 0 Å². The van der Waals surface area contributed by atoms with Gasteiger partial charge in [0.05, 0.1) is 11.5 Å². The highest BCUT2D eigenvalue weighted by Crippen LogP contribution is 2.45. The van der Waals surface area contributed by atoms with Crippen LogP contribution in [0.5, 0.6) is 5.75 Å². The Morgan fingerprint density at radius 1 is 1.17 bits per heavy atom. The molecule has 2 rings (SSSR count). The van der Waals surface area contributed by atoms with Gasteiger partial charge in [-0.15, -0.1) is 0 Å². The third kappa shape index (κ3) is 2.15. The van der Waals surface area contributed by atoms with Gasteiger partial charge in [0.1, 0.15) is 0 Å². The van der Waals surface area contributed by atoms with Crippen LogP contribution in [0.15, 0.2) is 18.2 Å². The van der Waals surface area contributed by atoms with Crippen LogP contribution >= 0.6 is 0 Å². The molecule has 5 heteroatoms. The minimum atomic E-state index is -2.74. The zero-order valence-corrected chi connectivity index (χ0v) is 9.59. The second-order valence-corrected chi connectivity index (χ2v) is 4.72. The first-order valence-electron chi connectivity index (χ1n) is 5.67. The minimum Gasteiger partial charge on any atom is -0.505 e. The summed E-state index contributed by atoms with van der Waals surface area (Å²) in [5, 5.41) is 18.3. The number of phenolic OH excluding ortho intramolecular Hbond substituents is 1. The van der Waals surface area contributed by atoms with Gasteiger partial charge in [-0.05, 0) is 30.5 Å². The lowest BCUT2D eigenvalue weighted by atomic mass is 9.69. The fourth-order valence-corrected chi connectivity index (χ4v) is 2.31. The molecule has 1 aromatic rings. The smallest absolute Gasteiger partial charge is 0.248 e. The molecule has 0 unspecified atom stereocenters. The Morgan fingerprint density at radius 3 is 2.28 bits per heavy atom. The fraction of sp³-hybridized carbons (Fsp3) is 0.462. The van der Waals surface area contributed by atoms with Crippen molar-refractivity contribution in [2.24, 2.45) is 0 Å². The Kier molecular flexibility index (Phi) is 2.97. The normalized spacial score (nSPS) is 21.2. The Labute approximate surface area is 103 Å². The van der Waals surface area contributed by atoms with E-state index in [9.17, 15) is 18.4 Å². The summed E-state index contributed by atoms with van der Waals surface area (Å²) in [7, 11) is 0. The summed E-state index contributed by atoms with van der Waals surface area (Å²) in [5.74, 6) is -4.08. The Morgan fingerprint density at radius 2 is 1.78 bits per heavy atom. The first-order valence-corrected chi connectivity index (χ1v) is 5.67. The molecular weight excluding hydrogens is 243 g/mol. The van der Waals surface area contributed by atoms with Crippen LogP contribution in [-0.4, -0.2) is 11.0 Å². The molecule has 1 N–H and O–H groups in total.